The van der Waals surface area contributed by atoms with Gasteiger partial charge in [-0.2, -0.15) is 0 Å². The van der Waals surface area contributed by atoms with E-state index >= 15 is 0 Å². The van der Waals surface area contributed by atoms with Crippen LogP contribution >= 0.6 is 23.2 Å². The van der Waals surface area contributed by atoms with Crippen LogP contribution in [0.25, 0.3) is 0 Å². The first kappa shape index (κ1) is 14.7. The Morgan fingerprint density at radius 2 is 1.75 bits per heavy atom. The van der Waals surface area contributed by atoms with Crippen molar-refractivity contribution in [1.82, 2.24) is 9.97 Å². The Morgan fingerprint density at radius 1 is 1.05 bits per heavy atom. The predicted octanol–water partition coefficient (Wildman–Crippen LogP) is 3.85. The van der Waals surface area contributed by atoms with Gasteiger partial charge in [0.25, 0.3) is 0 Å². The second-order valence-corrected chi connectivity index (χ2v) is 4.72. The number of ether oxygens (including phenoxy) is 2. The van der Waals surface area contributed by atoms with Crippen molar-refractivity contribution in [2.75, 3.05) is 19.5 Å². The summed E-state index contributed by atoms with van der Waals surface area (Å²) in [6.45, 7) is 1.82. The first-order chi connectivity index (χ1) is 9.56. The van der Waals surface area contributed by atoms with Crippen LogP contribution in [0.5, 0.6) is 11.5 Å². The van der Waals surface area contributed by atoms with Crippen molar-refractivity contribution in [3.63, 3.8) is 0 Å². The highest BCUT2D eigenvalue weighted by Crippen LogP contribution is 2.37. The van der Waals surface area contributed by atoms with E-state index in [1.54, 1.807) is 26.4 Å². The Morgan fingerprint density at radius 3 is 2.40 bits per heavy atom. The molecule has 1 N–H and O–H groups in total. The van der Waals surface area contributed by atoms with Gasteiger partial charge in [-0.3, -0.25) is 0 Å². The van der Waals surface area contributed by atoms with Crippen LogP contribution in [0.2, 0.25) is 10.2 Å². The maximum absolute atomic E-state index is 6.12. The van der Waals surface area contributed by atoms with Crippen molar-refractivity contribution >= 4 is 34.7 Å². The lowest BCUT2D eigenvalue weighted by atomic mass is 10.2. The number of nitrogens with zero attached hydrogens (tertiary/aromatic N) is 2. The highest BCUT2D eigenvalue weighted by atomic mass is 35.5. The average molecular weight is 314 g/mol. The molecular weight excluding hydrogens is 301 g/mol. The van der Waals surface area contributed by atoms with Gasteiger partial charge in [-0.05, 0) is 13.0 Å². The summed E-state index contributed by atoms with van der Waals surface area (Å²) in [5.41, 5.74) is 1.40. The summed E-state index contributed by atoms with van der Waals surface area (Å²) < 4.78 is 10.5. The van der Waals surface area contributed by atoms with Gasteiger partial charge in [0, 0.05) is 11.6 Å². The number of methoxy groups -OCH3 is 2. The number of rotatable bonds is 4. The predicted molar refractivity (Wildman–Crippen MR) is 79.6 cm³/mol. The van der Waals surface area contributed by atoms with Gasteiger partial charge in [0.15, 0.2) is 0 Å². The summed E-state index contributed by atoms with van der Waals surface area (Å²) >= 11 is 12.1. The van der Waals surface area contributed by atoms with Crippen LogP contribution in [0.3, 0.4) is 0 Å². The van der Waals surface area contributed by atoms with E-state index < -0.39 is 0 Å². The normalized spacial score (nSPS) is 10.2. The number of hydrogen-bond donors (Lipinski definition) is 1. The highest BCUT2D eigenvalue weighted by molar-refractivity contribution is 6.32. The fourth-order valence-corrected chi connectivity index (χ4v) is 2.01. The van der Waals surface area contributed by atoms with Crippen molar-refractivity contribution in [3.05, 3.63) is 34.2 Å². The Labute approximate surface area is 126 Å². The van der Waals surface area contributed by atoms with Gasteiger partial charge in [-0.25, -0.2) is 9.97 Å². The van der Waals surface area contributed by atoms with Crippen LogP contribution in [0.1, 0.15) is 5.56 Å². The minimum atomic E-state index is 0.390. The molecule has 20 heavy (non-hydrogen) atoms. The average Bonchev–Trinajstić information content (AvgIpc) is 2.44. The second-order valence-electron chi connectivity index (χ2n) is 3.95. The van der Waals surface area contributed by atoms with E-state index in [1.807, 2.05) is 6.92 Å². The van der Waals surface area contributed by atoms with Gasteiger partial charge in [0.2, 0.25) is 0 Å². The Kier molecular flexibility index (Phi) is 4.52. The molecule has 1 aromatic carbocycles. The maximum Gasteiger partial charge on any atom is 0.146 e. The molecule has 2 rings (SSSR count). The minimum absolute atomic E-state index is 0.390. The smallest absolute Gasteiger partial charge is 0.146 e. The van der Waals surface area contributed by atoms with Gasteiger partial charge in [0.1, 0.15) is 28.8 Å². The van der Waals surface area contributed by atoms with E-state index in [0.29, 0.717) is 33.2 Å². The standard InChI is InChI=1S/C13H13Cl2N3O2/c1-7-12(15)16-6-17-13(7)18-9-4-8(14)10(19-2)5-11(9)20-3/h4-6H,1-3H3,(H,16,17,18). The van der Waals surface area contributed by atoms with Crippen molar-refractivity contribution in [2.45, 2.75) is 6.92 Å². The number of anilines is 2. The van der Waals surface area contributed by atoms with E-state index in [1.165, 1.54) is 6.33 Å². The molecule has 2 aromatic rings. The summed E-state index contributed by atoms with van der Waals surface area (Å²) in [7, 11) is 3.11. The third kappa shape index (κ3) is 2.89. The fraction of sp³-hybridized carbons (Fsp3) is 0.231. The number of benzene rings is 1. The van der Waals surface area contributed by atoms with Gasteiger partial charge >= 0.3 is 0 Å². The molecule has 0 atom stereocenters. The lowest BCUT2D eigenvalue weighted by molar-refractivity contribution is 0.396. The summed E-state index contributed by atoms with van der Waals surface area (Å²) in [5.74, 6) is 1.71. The second kappa shape index (κ2) is 6.15. The summed E-state index contributed by atoms with van der Waals surface area (Å²) in [5, 5.41) is 3.98. The molecule has 0 saturated carbocycles. The molecule has 0 fully saturated rings. The zero-order chi connectivity index (χ0) is 14.7. The third-order valence-electron chi connectivity index (χ3n) is 2.75. The van der Waals surface area contributed by atoms with E-state index in [9.17, 15) is 0 Å². The lowest BCUT2D eigenvalue weighted by Gasteiger charge is -2.14. The molecule has 106 valence electrons. The summed E-state index contributed by atoms with van der Waals surface area (Å²) in [6, 6.07) is 3.40. The fourth-order valence-electron chi connectivity index (χ4n) is 1.64. The molecule has 0 aliphatic rings. The zero-order valence-corrected chi connectivity index (χ0v) is 12.7. The molecule has 1 aromatic heterocycles. The lowest BCUT2D eigenvalue weighted by Crippen LogP contribution is -2.01. The van der Waals surface area contributed by atoms with Crippen LogP contribution in [0.15, 0.2) is 18.5 Å². The number of nitrogens with one attached hydrogen (secondary N) is 1. The molecule has 0 aliphatic heterocycles. The summed E-state index contributed by atoms with van der Waals surface area (Å²) in [4.78, 5) is 8.05. The van der Waals surface area contributed by atoms with Crippen molar-refractivity contribution in [1.29, 1.82) is 0 Å². The SMILES string of the molecule is COc1cc(OC)c(Nc2ncnc(Cl)c2C)cc1Cl. The van der Waals surface area contributed by atoms with Crippen molar-refractivity contribution in [2.24, 2.45) is 0 Å². The van der Waals surface area contributed by atoms with E-state index in [-0.39, 0.29) is 0 Å². The number of hydrogen-bond acceptors (Lipinski definition) is 5. The zero-order valence-electron chi connectivity index (χ0n) is 11.2. The quantitative estimate of drug-likeness (QED) is 0.869. The van der Waals surface area contributed by atoms with E-state index in [0.717, 1.165) is 5.56 Å². The van der Waals surface area contributed by atoms with E-state index in [4.69, 9.17) is 32.7 Å². The molecule has 0 saturated heterocycles. The molecular formula is C13H13Cl2N3O2. The molecule has 7 heteroatoms. The first-order valence-electron chi connectivity index (χ1n) is 5.72. The third-order valence-corrected chi connectivity index (χ3v) is 3.43. The Bertz CT molecular complexity index is 635. The number of aromatic nitrogens is 2. The van der Waals surface area contributed by atoms with Crippen LogP contribution in [0, 0.1) is 6.92 Å². The molecule has 0 spiro atoms. The van der Waals surface area contributed by atoms with Crippen LogP contribution in [-0.4, -0.2) is 24.2 Å². The highest BCUT2D eigenvalue weighted by Gasteiger charge is 2.12. The molecule has 1 heterocycles. The summed E-state index contributed by atoms with van der Waals surface area (Å²) in [6.07, 6.45) is 1.38. The molecule has 0 radical (unpaired) electrons. The molecule has 0 bridgehead atoms. The molecule has 0 aliphatic carbocycles. The van der Waals surface area contributed by atoms with Gasteiger partial charge in [-0.1, -0.05) is 23.2 Å². The van der Waals surface area contributed by atoms with Crippen molar-refractivity contribution in [3.8, 4) is 11.5 Å². The first-order valence-corrected chi connectivity index (χ1v) is 6.48. The maximum atomic E-state index is 6.12. The monoisotopic (exact) mass is 313 g/mol. The number of halogens is 2. The Hall–Kier alpha value is -1.72. The van der Waals surface area contributed by atoms with E-state index in [2.05, 4.69) is 15.3 Å². The van der Waals surface area contributed by atoms with Crippen molar-refractivity contribution < 1.29 is 9.47 Å². The largest absolute Gasteiger partial charge is 0.495 e. The van der Waals surface area contributed by atoms with Gasteiger partial charge in [0.05, 0.1) is 24.9 Å². The van der Waals surface area contributed by atoms with Crippen LogP contribution < -0.4 is 14.8 Å². The van der Waals surface area contributed by atoms with Crippen LogP contribution in [0.4, 0.5) is 11.5 Å². The van der Waals surface area contributed by atoms with Crippen LogP contribution in [-0.2, 0) is 0 Å². The molecule has 5 nitrogen and oxygen atoms in total. The molecule has 0 amide bonds. The topological polar surface area (TPSA) is 56.3 Å². The minimum Gasteiger partial charge on any atom is -0.495 e. The Balaban J connectivity index is 2.42. The van der Waals surface area contributed by atoms with Gasteiger partial charge in [-0.15, -0.1) is 0 Å². The molecule has 0 unspecified atom stereocenters. The van der Waals surface area contributed by atoms with Gasteiger partial charge < -0.3 is 14.8 Å².